The van der Waals surface area contributed by atoms with Gasteiger partial charge in [-0.15, -0.1) is 11.6 Å². The maximum Gasteiger partial charge on any atom is 0.110 e. The molecule has 0 radical (unpaired) electrons. The molecule has 0 bridgehead atoms. The van der Waals surface area contributed by atoms with Gasteiger partial charge in [-0.1, -0.05) is 18.2 Å². The Bertz CT molecular complexity index is 728. The van der Waals surface area contributed by atoms with Gasteiger partial charge in [-0.3, -0.25) is 4.40 Å². The van der Waals surface area contributed by atoms with Gasteiger partial charge in [0, 0.05) is 17.5 Å². The second-order valence-corrected chi connectivity index (χ2v) is 4.99. The molecule has 0 unspecified atom stereocenters. The molecule has 0 atom stereocenters. The van der Waals surface area contributed by atoms with Crippen LogP contribution in [-0.2, 0) is 6.42 Å². The molecule has 0 aliphatic heterocycles. The molecule has 2 nitrogen and oxygen atoms in total. The second kappa shape index (κ2) is 4.29. The Morgan fingerprint density at radius 1 is 1.22 bits per heavy atom. The molecule has 0 saturated heterocycles. The summed E-state index contributed by atoms with van der Waals surface area (Å²) in [6.45, 7) is 4.15. The minimum Gasteiger partial charge on any atom is -0.297 e. The van der Waals surface area contributed by atoms with E-state index < -0.39 is 0 Å². The summed E-state index contributed by atoms with van der Waals surface area (Å²) in [5, 5.41) is 1.29. The fourth-order valence-corrected chi connectivity index (χ4v) is 2.90. The third-order valence-corrected chi connectivity index (χ3v) is 3.66. The van der Waals surface area contributed by atoms with Crippen LogP contribution >= 0.6 is 11.6 Å². The maximum absolute atomic E-state index is 5.96. The van der Waals surface area contributed by atoms with E-state index in [0.29, 0.717) is 5.88 Å². The van der Waals surface area contributed by atoms with Crippen LogP contribution in [0.5, 0.6) is 0 Å². The van der Waals surface area contributed by atoms with E-state index in [1.807, 2.05) is 13.1 Å². The van der Waals surface area contributed by atoms with Crippen molar-refractivity contribution in [3.63, 3.8) is 0 Å². The number of fused-ring (bicyclic) bond motifs is 3. The van der Waals surface area contributed by atoms with Crippen molar-refractivity contribution >= 4 is 28.0 Å². The summed E-state index contributed by atoms with van der Waals surface area (Å²) >= 11 is 5.96. The molecule has 0 amide bonds. The average molecular weight is 259 g/mol. The van der Waals surface area contributed by atoms with Crippen LogP contribution in [0.3, 0.4) is 0 Å². The van der Waals surface area contributed by atoms with Gasteiger partial charge in [0.15, 0.2) is 0 Å². The highest BCUT2D eigenvalue weighted by atomic mass is 35.5. The van der Waals surface area contributed by atoms with E-state index in [1.54, 1.807) is 0 Å². The van der Waals surface area contributed by atoms with Gasteiger partial charge in [0.05, 0.1) is 11.0 Å². The van der Waals surface area contributed by atoms with Crippen LogP contribution in [0, 0.1) is 13.8 Å². The van der Waals surface area contributed by atoms with Crippen LogP contribution in [-0.4, -0.2) is 15.3 Å². The second-order valence-electron chi connectivity index (χ2n) is 4.61. The zero-order valence-corrected chi connectivity index (χ0v) is 11.3. The Morgan fingerprint density at radius 2 is 2.00 bits per heavy atom. The SMILES string of the molecule is Cc1cnc(C)n2c1c(CCCl)c1ccccc12. The van der Waals surface area contributed by atoms with Gasteiger partial charge in [0.2, 0.25) is 0 Å². The first-order valence-electron chi connectivity index (χ1n) is 6.14. The first-order valence-corrected chi connectivity index (χ1v) is 6.67. The van der Waals surface area contributed by atoms with Crippen molar-refractivity contribution in [2.45, 2.75) is 20.3 Å². The van der Waals surface area contributed by atoms with Crippen LogP contribution in [0.25, 0.3) is 16.4 Å². The first kappa shape index (κ1) is 11.5. The van der Waals surface area contributed by atoms with Crippen molar-refractivity contribution in [1.29, 1.82) is 0 Å². The Hall–Kier alpha value is -1.54. The number of benzene rings is 1. The zero-order chi connectivity index (χ0) is 12.7. The number of aromatic nitrogens is 2. The fourth-order valence-electron chi connectivity index (χ4n) is 2.71. The van der Waals surface area contributed by atoms with Crippen molar-refractivity contribution in [3.05, 3.63) is 47.4 Å². The Labute approximate surface area is 111 Å². The number of alkyl halides is 1. The lowest BCUT2D eigenvalue weighted by atomic mass is 10.1. The number of para-hydroxylation sites is 1. The van der Waals surface area contributed by atoms with Crippen molar-refractivity contribution in [3.8, 4) is 0 Å². The molecular weight excluding hydrogens is 244 g/mol. The summed E-state index contributed by atoms with van der Waals surface area (Å²) in [4.78, 5) is 4.46. The van der Waals surface area contributed by atoms with E-state index in [9.17, 15) is 0 Å². The number of nitrogens with zero attached hydrogens (tertiary/aromatic N) is 2. The number of aryl methyl sites for hydroxylation is 3. The number of rotatable bonds is 2. The Kier molecular flexibility index (Phi) is 2.75. The third-order valence-electron chi connectivity index (χ3n) is 3.47. The van der Waals surface area contributed by atoms with Gasteiger partial charge >= 0.3 is 0 Å². The van der Waals surface area contributed by atoms with Gasteiger partial charge < -0.3 is 0 Å². The Morgan fingerprint density at radius 3 is 2.78 bits per heavy atom. The minimum absolute atomic E-state index is 0.643. The van der Waals surface area contributed by atoms with E-state index in [0.717, 1.165) is 12.2 Å². The van der Waals surface area contributed by atoms with E-state index in [2.05, 4.69) is 40.6 Å². The van der Waals surface area contributed by atoms with Crippen LogP contribution < -0.4 is 0 Å². The van der Waals surface area contributed by atoms with Gasteiger partial charge in [-0.2, -0.15) is 0 Å². The number of hydrogen-bond acceptors (Lipinski definition) is 1. The summed E-state index contributed by atoms with van der Waals surface area (Å²) in [6.07, 6.45) is 2.84. The monoisotopic (exact) mass is 258 g/mol. The maximum atomic E-state index is 5.96. The largest absolute Gasteiger partial charge is 0.297 e. The molecule has 0 spiro atoms. The first-order chi connectivity index (χ1) is 8.74. The molecular formula is C15H15ClN2. The minimum atomic E-state index is 0.643. The topological polar surface area (TPSA) is 17.3 Å². The summed E-state index contributed by atoms with van der Waals surface area (Å²) in [5.41, 5.74) is 5.03. The standard InChI is InChI=1S/C15H15ClN2/c1-10-9-17-11(2)18-14-6-4-3-5-12(14)13(7-8-16)15(10)18/h3-6,9H,7-8H2,1-2H3. The van der Waals surface area contributed by atoms with Crippen molar-refractivity contribution in [2.75, 3.05) is 5.88 Å². The number of halogens is 1. The van der Waals surface area contributed by atoms with E-state index in [1.165, 1.54) is 27.5 Å². The molecule has 2 aromatic heterocycles. The predicted molar refractivity (Wildman–Crippen MR) is 76.6 cm³/mol. The molecule has 1 aromatic carbocycles. The summed E-state index contributed by atoms with van der Waals surface area (Å²) in [5.74, 6) is 1.66. The lowest BCUT2D eigenvalue weighted by Crippen LogP contribution is -1.97. The summed E-state index contributed by atoms with van der Waals surface area (Å²) in [6, 6.07) is 8.47. The quantitative estimate of drug-likeness (QED) is 0.638. The Balaban J connectivity index is 2.58. The lowest BCUT2D eigenvalue weighted by molar-refractivity contribution is 0.997. The van der Waals surface area contributed by atoms with Gasteiger partial charge in [0.1, 0.15) is 5.82 Å². The van der Waals surface area contributed by atoms with Crippen molar-refractivity contribution in [1.82, 2.24) is 9.38 Å². The molecule has 3 aromatic rings. The molecule has 2 heterocycles. The highest BCUT2D eigenvalue weighted by molar-refractivity contribution is 6.18. The van der Waals surface area contributed by atoms with E-state index in [-0.39, 0.29) is 0 Å². The molecule has 0 N–H and O–H groups in total. The van der Waals surface area contributed by atoms with Crippen LogP contribution in [0.15, 0.2) is 30.5 Å². The molecule has 3 rings (SSSR count). The smallest absolute Gasteiger partial charge is 0.110 e. The molecule has 0 aliphatic carbocycles. The van der Waals surface area contributed by atoms with Gasteiger partial charge in [-0.25, -0.2) is 4.98 Å². The van der Waals surface area contributed by atoms with Gasteiger partial charge in [0.25, 0.3) is 0 Å². The molecule has 92 valence electrons. The summed E-state index contributed by atoms with van der Waals surface area (Å²) in [7, 11) is 0. The van der Waals surface area contributed by atoms with Crippen LogP contribution in [0.2, 0.25) is 0 Å². The normalized spacial score (nSPS) is 11.5. The number of hydrogen-bond donors (Lipinski definition) is 0. The van der Waals surface area contributed by atoms with E-state index in [4.69, 9.17) is 11.6 Å². The highest BCUT2D eigenvalue weighted by Gasteiger charge is 2.14. The van der Waals surface area contributed by atoms with Crippen LogP contribution in [0.4, 0.5) is 0 Å². The lowest BCUT2D eigenvalue weighted by Gasteiger charge is -2.05. The zero-order valence-electron chi connectivity index (χ0n) is 10.6. The van der Waals surface area contributed by atoms with E-state index >= 15 is 0 Å². The summed E-state index contributed by atoms with van der Waals surface area (Å²) < 4.78 is 2.24. The van der Waals surface area contributed by atoms with Gasteiger partial charge in [-0.05, 0) is 37.5 Å². The molecule has 0 fully saturated rings. The van der Waals surface area contributed by atoms with Crippen molar-refractivity contribution < 1.29 is 0 Å². The fraction of sp³-hybridized carbons (Fsp3) is 0.267. The molecule has 18 heavy (non-hydrogen) atoms. The highest BCUT2D eigenvalue weighted by Crippen LogP contribution is 2.29. The predicted octanol–water partition coefficient (Wildman–Crippen LogP) is 3.89. The van der Waals surface area contributed by atoms with Crippen LogP contribution in [0.1, 0.15) is 17.0 Å². The molecule has 3 heteroatoms. The molecule has 0 saturated carbocycles. The van der Waals surface area contributed by atoms with Crippen molar-refractivity contribution in [2.24, 2.45) is 0 Å². The third kappa shape index (κ3) is 1.52. The average Bonchev–Trinajstić information content (AvgIpc) is 2.71. The molecule has 0 aliphatic rings.